The minimum absolute atomic E-state index is 0.0273. The number of amides is 1. The van der Waals surface area contributed by atoms with Crippen LogP contribution < -0.4 is 0 Å². The molecular formula is C16H16N6OS. The second-order valence-corrected chi connectivity index (χ2v) is 6.69. The van der Waals surface area contributed by atoms with E-state index in [1.165, 1.54) is 11.3 Å². The van der Waals surface area contributed by atoms with E-state index in [0.717, 1.165) is 19.4 Å². The maximum absolute atomic E-state index is 12.8. The Morgan fingerprint density at radius 1 is 1.21 bits per heavy atom. The van der Waals surface area contributed by atoms with Crippen molar-refractivity contribution in [3.8, 4) is 10.8 Å². The van der Waals surface area contributed by atoms with Crippen molar-refractivity contribution in [1.29, 1.82) is 0 Å². The Balaban J connectivity index is 1.50. The number of likely N-dealkylation sites (tertiary alicyclic amines) is 1. The molecule has 3 aromatic heterocycles. The first kappa shape index (κ1) is 14.9. The Morgan fingerprint density at radius 3 is 2.88 bits per heavy atom. The molecule has 1 atom stereocenters. The van der Waals surface area contributed by atoms with Crippen LogP contribution in [0.15, 0.2) is 43.4 Å². The second kappa shape index (κ2) is 6.48. The number of imidazole rings is 1. The molecule has 1 saturated heterocycles. The van der Waals surface area contributed by atoms with Crippen molar-refractivity contribution in [3.05, 3.63) is 48.3 Å². The lowest BCUT2D eigenvalue weighted by Crippen LogP contribution is -2.40. The predicted octanol–water partition coefficient (Wildman–Crippen LogP) is 2.27. The molecule has 1 aliphatic heterocycles. The molecule has 1 aliphatic rings. The van der Waals surface area contributed by atoms with Crippen LogP contribution in [0.25, 0.3) is 10.8 Å². The maximum atomic E-state index is 12.8. The van der Waals surface area contributed by atoms with Gasteiger partial charge in [0.25, 0.3) is 5.91 Å². The highest BCUT2D eigenvalue weighted by Gasteiger charge is 2.26. The van der Waals surface area contributed by atoms with Gasteiger partial charge in [0, 0.05) is 37.9 Å². The molecule has 0 aliphatic carbocycles. The summed E-state index contributed by atoms with van der Waals surface area (Å²) in [7, 11) is 0. The molecule has 122 valence electrons. The summed E-state index contributed by atoms with van der Waals surface area (Å²) < 4.78 is 2.08. The van der Waals surface area contributed by atoms with Crippen LogP contribution in [0.2, 0.25) is 0 Å². The summed E-state index contributed by atoms with van der Waals surface area (Å²) in [4.78, 5) is 32.1. The van der Waals surface area contributed by atoms with Gasteiger partial charge in [0.2, 0.25) is 0 Å². The Morgan fingerprint density at radius 2 is 2.08 bits per heavy atom. The predicted molar refractivity (Wildman–Crippen MR) is 89.5 cm³/mol. The number of carbonyl (C=O) groups excluding carboxylic acids is 1. The molecule has 8 heteroatoms. The number of hydrogen-bond donors (Lipinski definition) is 0. The van der Waals surface area contributed by atoms with E-state index in [9.17, 15) is 4.79 Å². The van der Waals surface area contributed by atoms with E-state index in [1.807, 2.05) is 17.4 Å². The van der Waals surface area contributed by atoms with Gasteiger partial charge < -0.3 is 9.47 Å². The molecule has 1 amide bonds. The summed E-state index contributed by atoms with van der Waals surface area (Å²) in [6.07, 6.45) is 12.6. The molecule has 0 radical (unpaired) electrons. The Bertz CT molecular complexity index is 816. The minimum atomic E-state index is 0.0273. The molecule has 1 fully saturated rings. The third kappa shape index (κ3) is 2.92. The van der Waals surface area contributed by atoms with Gasteiger partial charge >= 0.3 is 0 Å². The lowest BCUT2D eigenvalue weighted by molar-refractivity contribution is 0.0684. The van der Waals surface area contributed by atoms with Crippen LogP contribution in [0.4, 0.5) is 0 Å². The summed E-state index contributed by atoms with van der Waals surface area (Å²) in [5.41, 5.74) is 0. The zero-order chi connectivity index (χ0) is 16.4. The molecule has 24 heavy (non-hydrogen) atoms. The van der Waals surface area contributed by atoms with E-state index >= 15 is 0 Å². The van der Waals surface area contributed by atoms with E-state index in [4.69, 9.17) is 0 Å². The zero-order valence-corrected chi connectivity index (χ0v) is 13.8. The van der Waals surface area contributed by atoms with Gasteiger partial charge in [0.15, 0.2) is 10.8 Å². The highest BCUT2D eigenvalue weighted by molar-refractivity contribution is 7.16. The quantitative estimate of drug-likeness (QED) is 0.731. The molecule has 1 unspecified atom stereocenters. The molecular weight excluding hydrogens is 324 g/mol. The largest absolute Gasteiger partial charge is 0.336 e. The van der Waals surface area contributed by atoms with Crippen LogP contribution in [0.5, 0.6) is 0 Å². The molecule has 0 bridgehead atoms. The van der Waals surface area contributed by atoms with Crippen LogP contribution in [0.3, 0.4) is 0 Å². The van der Waals surface area contributed by atoms with E-state index < -0.39 is 0 Å². The summed E-state index contributed by atoms with van der Waals surface area (Å²) in [6, 6.07) is 2.04. The van der Waals surface area contributed by atoms with E-state index in [2.05, 4.69) is 24.5 Å². The van der Waals surface area contributed by atoms with Crippen molar-refractivity contribution in [2.45, 2.75) is 18.9 Å². The van der Waals surface area contributed by atoms with Crippen molar-refractivity contribution in [2.75, 3.05) is 13.1 Å². The topological polar surface area (TPSA) is 76.8 Å². The molecule has 7 nitrogen and oxygen atoms in total. The van der Waals surface area contributed by atoms with Crippen LogP contribution in [-0.4, -0.2) is 48.4 Å². The van der Waals surface area contributed by atoms with Crippen LogP contribution in [0.1, 0.15) is 28.6 Å². The highest BCUT2D eigenvalue weighted by atomic mass is 32.1. The van der Waals surface area contributed by atoms with Crippen molar-refractivity contribution >= 4 is 17.2 Å². The van der Waals surface area contributed by atoms with Crippen molar-refractivity contribution in [3.63, 3.8) is 0 Å². The van der Waals surface area contributed by atoms with Crippen molar-refractivity contribution < 1.29 is 4.79 Å². The fourth-order valence-electron chi connectivity index (χ4n) is 2.91. The number of nitrogens with zero attached hydrogens (tertiary/aromatic N) is 6. The standard InChI is InChI=1S/C16H16N6OS/c23-16(13-9-20-15(24-13)14-18-4-2-5-19-14)21-7-1-3-12(10-21)22-8-6-17-11-22/h2,4-6,8-9,11-12H,1,3,7,10H2. The summed E-state index contributed by atoms with van der Waals surface area (Å²) in [5, 5.41) is 0.669. The van der Waals surface area contributed by atoms with Gasteiger partial charge in [-0.1, -0.05) is 0 Å². The molecule has 4 heterocycles. The van der Waals surface area contributed by atoms with Gasteiger partial charge in [-0.25, -0.2) is 19.9 Å². The molecule has 4 rings (SSSR count). The van der Waals surface area contributed by atoms with Gasteiger partial charge in [0.05, 0.1) is 18.6 Å². The Hall–Kier alpha value is -2.61. The van der Waals surface area contributed by atoms with Gasteiger partial charge in [0.1, 0.15) is 4.88 Å². The number of thiazole rings is 1. The van der Waals surface area contributed by atoms with Crippen molar-refractivity contribution in [2.24, 2.45) is 0 Å². The van der Waals surface area contributed by atoms with Crippen LogP contribution in [0, 0.1) is 0 Å². The number of piperidine rings is 1. The first-order valence-corrected chi connectivity index (χ1v) is 8.63. The fourth-order valence-corrected chi connectivity index (χ4v) is 3.74. The number of aromatic nitrogens is 5. The highest BCUT2D eigenvalue weighted by Crippen LogP contribution is 2.26. The summed E-state index contributed by atoms with van der Waals surface area (Å²) in [6.45, 7) is 1.48. The molecule has 0 spiro atoms. The molecule has 0 N–H and O–H groups in total. The average molecular weight is 340 g/mol. The zero-order valence-electron chi connectivity index (χ0n) is 12.9. The van der Waals surface area contributed by atoms with E-state index in [0.29, 0.717) is 22.3 Å². The number of hydrogen-bond acceptors (Lipinski definition) is 6. The SMILES string of the molecule is O=C(c1cnc(-c2ncccn2)s1)N1CCCC(n2ccnc2)C1. The number of rotatable bonds is 3. The smallest absolute Gasteiger partial charge is 0.265 e. The van der Waals surface area contributed by atoms with E-state index in [1.54, 1.807) is 30.9 Å². The average Bonchev–Trinajstić information content (AvgIpc) is 3.34. The van der Waals surface area contributed by atoms with Gasteiger partial charge in [-0.05, 0) is 18.9 Å². The first-order chi connectivity index (χ1) is 11.8. The third-order valence-electron chi connectivity index (χ3n) is 4.10. The van der Waals surface area contributed by atoms with Gasteiger partial charge in [-0.2, -0.15) is 0 Å². The van der Waals surface area contributed by atoms with Crippen LogP contribution >= 0.6 is 11.3 Å². The fraction of sp³-hybridized carbons (Fsp3) is 0.312. The van der Waals surface area contributed by atoms with Gasteiger partial charge in [-0.15, -0.1) is 11.3 Å². The normalized spacial score (nSPS) is 17.8. The first-order valence-electron chi connectivity index (χ1n) is 7.81. The molecule has 0 aromatic carbocycles. The Labute approximate surface area is 143 Å². The third-order valence-corrected chi connectivity index (χ3v) is 5.09. The minimum Gasteiger partial charge on any atom is -0.336 e. The molecule has 3 aromatic rings. The maximum Gasteiger partial charge on any atom is 0.265 e. The van der Waals surface area contributed by atoms with E-state index in [-0.39, 0.29) is 11.9 Å². The lowest BCUT2D eigenvalue weighted by atomic mass is 10.1. The number of carbonyl (C=O) groups is 1. The summed E-state index contributed by atoms with van der Waals surface area (Å²) >= 11 is 1.34. The monoisotopic (exact) mass is 340 g/mol. The lowest BCUT2D eigenvalue weighted by Gasteiger charge is -2.33. The Kier molecular flexibility index (Phi) is 4.04. The second-order valence-electron chi connectivity index (χ2n) is 5.66. The molecule has 0 saturated carbocycles. The van der Waals surface area contributed by atoms with Crippen LogP contribution in [-0.2, 0) is 0 Å². The van der Waals surface area contributed by atoms with Crippen molar-refractivity contribution in [1.82, 2.24) is 29.4 Å². The summed E-state index contributed by atoms with van der Waals surface area (Å²) in [5.74, 6) is 0.580. The van der Waals surface area contributed by atoms with Gasteiger partial charge in [-0.3, -0.25) is 4.79 Å².